The van der Waals surface area contributed by atoms with Gasteiger partial charge < -0.3 is 11.1 Å². The lowest BCUT2D eigenvalue weighted by Gasteiger charge is -2.11. The first kappa shape index (κ1) is 16.0. The highest BCUT2D eigenvalue weighted by atomic mass is 79.9. The number of anilines is 1. The van der Waals surface area contributed by atoms with E-state index in [0.717, 1.165) is 22.3 Å². The van der Waals surface area contributed by atoms with Gasteiger partial charge in [-0.15, -0.1) is 0 Å². The molecule has 4 heteroatoms. The fourth-order valence-electron chi connectivity index (χ4n) is 2.03. The summed E-state index contributed by atoms with van der Waals surface area (Å²) in [6, 6.07) is 14.6. The summed E-state index contributed by atoms with van der Waals surface area (Å²) in [7, 11) is 0. The van der Waals surface area contributed by atoms with Crippen molar-refractivity contribution in [3.8, 4) is 0 Å². The predicted molar refractivity (Wildman–Crippen MR) is 97.9 cm³/mol. The molecule has 110 valence electrons. The molecule has 2 aromatic carbocycles. The number of benzene rings is 2. The highest BCUT2D eigenvalue weighted by molar-refractivity contribution is 9.10. The summed E-state index contributed by atoms with van der Waals surface area (Å²) in [6.45, 7) is 5.19. The fourth-order valence-corrected chi connectivity index (χ4v) is 2.68. The first-order valence-electron chi connectivity index (χ1n) is 6.89. The summed E-state index contributed by atoms with van der Waals surface area (Å²) in [6.07, 6.45) is 0. The molecule has 0 spiro atoms. The third-order valence-electron chi connectivity index (χ3n) is 3.38. The smallest absolute Gasteiger partial charge is 0.104 e. The molecular weight excluding hydrogens is 344 g/mol. The van der Waals surface area contributed by atoms with E-state index in [1.807, 2.05) is 18.2 Å². The molecule has 0 saturated carbocycles. The van der Waals surface area contributed by atoms with Crippen molar-refractivity contribution >= 4 is 38.8 Å². The molecule has 0 fully saturated rings. The van der Waals surface area contributed by atoms with Crippen molar-refractivity contribution in [2.45, 2.75) is 26.3 Å². The summed E-state index contributed by atoms with van der Waals surface area (Å²) >= 11 is 8.52. The molecule has 0 bridgehead atoms. The van der Waals surface area contributed by atoms with Gasteiger partial charge in [0.25, 0.3) is 0 Å². The Labute approximate surface area is 139 Å². The van der Waals surface area contributed by atoms with Gasteiger partial charge in [0.05, 0.1) is 0 Å². The largest absolute Gasteiger partial charge is 0.389 e. The van der Waals surface area contributed by atoms with Gasteiger partial charge in [0.15, 0.2) is 0 Å². The number of nitrogens with one attached hydrogen (secondary N) is 1. The maximum absolute atomic E-state index is 5.63. The monoisotopic (exact) mass is 362 g/mol. The average molecular weight is 363 g/mol. The zero-order chi connectivity index (χ0) is 15.4. The Bertz CT molecular complexity index is 636. The van der Waals surface area contributed by atoms with E-state index in [1.165, 1.54) is 11.1 Å². The van der Waals surface area contributed by atoms with Crippen LogP contribution in [0.4, 0.5) is 5.69 Å². The van der Waals surface area contributed by atoms with Crippen LogP contribution in [0, 0.1) is 0 Å². The van der Waals surface area contributed by atoms with Gasteiger partial charge in [-0.2, -0.15) is 0 Å². The van der Waals surface area contributed by atoms with Crippen LogP contribution in [0.3, 0.4) is 0 Å². The summed E-state index contributed by atoms with van der Waals surface area (Å²) in [4.78, 5) is 0.409. The second-order valence-corrected chi connectivity index (χ2v) is 6.60. The Balaban J connectivity index is 2.04. The zero-order valence-corrected chi connectivity index (χ0v) is 14.6. The van der Waals surface area contributed by atoms with Crippen LogP contribution in [0.25, 0.3) is 0 Å². The Morgan fingerprint density at radius 2 is 1.86 bits per heavy atom. The molecule has 0 aliphatic heterocycles. The number of nitrogens with two attached hydrogens (primary N) is 1. The Morgan fingerprint density at radius 1 is 1.19 bits per heavy atom. The first-order valence-corrected chi connectivity index (χ1v) is 8.09. The van der Waals surface area contributed by atoms with Crippen LogP contribution in [0.5, 0.6) is 0 Å². The van der Waals surface area contributed by atoms with Gasteiger partial charge in [-0.3, -0.25) is 0 Å². The molecule has 0 saturated heterocycles. The molecule has 21 heavy (non-hydrogen) atoms. The second kappa shape index (κ2) is 7.05. The van der Waals surface area contributed by atoms with E-state index in [4.69, 9.17) is 18.0 Å². The summed E-state index contributed by atoms with van der Waals surface area (Å²) in [5, 5.41) is 3.41. The molecule has 2 aromatic rings. The average Bonchev–Trinajstić information content (AvgIpc) is 2.46. The molecule has 2 nitrogen and oxygen atoms in total. The van der Waals surface area contributed by atoms with E-state index < -0.39 is 0 Å². The highest BCUT2D eigenvalue weighted by Gasteiger charge is 2.04. The van der Waals surface area contributed by atoms with Crippen LogP contribution in [0.1, 0.15) is 36.5 Å². The fraction of sp³-hybridized carbons (Fsp3) is 0.235. The van der Waals surface area contributed by atoms with E-state index in [2.05, 4.69) is 59.4 Å². The van der Waals surface area contributed by atoms with E-state index >= 15 is 0 Å². The molecule has 2 rings (SSSR count). The normalized spacial score (nSPS) is 10.7. The van der Waals surface area contributed by atoms with Crippen molar-refractivity contribution in [1.29, 1.82) is 0 Å². The lowest BCUT2D eigenvalue weighted by molar-refractivity contribution is 0.865. The minimum Gasteiger partial charge on any atom is -0.389 e. The SMILES string of the molecule is CC(C)c1ccc(CNc2ccc(C(N)=S)cc2Br)cc1. The van der Waals surface area contributed by atoms with Crippen LogP contribution in [-0.2, 0) is 6.54 Å². The summed E-state index contributed by atoms with van der Waals surface area (Å²) < 4.78 is 0.964. The number of thiocarbonyl (C=S) groups is 1. The van der Waals surface area contributed by atoms with Crippen LogP contribution in [0.2, 0.25) is 0 Å². The van der Waals surface area contributed by atoms with Crippen LogP contribution in [-0.4, -0.2) is 4.99 Å². The zero-order valence-electron chi connectivity index (χ0n) is 12.2. The van der Waals surface area contributed by atoms with E-state index in [0.29, 0.717) is 10.9 Å². The van der Waals surface area contributed by atoms with Crippen LogP contribution >= 0.6 is 28.1 Å². The Morgan fingerprint density at radius 3 is 2.38 bits per heavy atom. The second-order valence-electron chi connectivity index (χ2n) is 5.31. The Kier molecular flexibility index (Phi) is 5.37. The topological polar surface area (TPSA) is 38.0 Å². The molecule has 0 aliphatic rings. The number of rotatable bonds is 5. The van der Waals surface area contributed by atoms with E-state index in [9.17, 15) is 0 Å². The standard InChI is InChI=1S/C17H19BrN2S/c1-11(2)13-5-3-12(4-6-13)10-20-16-8-7-14(17(19)21)9-15(16)18/h3-9,11,20H,10H2,1-2H3,(H2,19,21). The molecule has 0 radical (unpaired) electrons. The first-order chi connectivity index (χ1) is 9.97. The van der Waals surface area contributed by atoms with Crippen molar-refractivity contribution in [2.75, 3.05) is 5.32 Å². The lowest BCUT2D eigenvalue weighted by Crippen LogP contribution is -2.09. The maximum atomic E-state index is 5.63. The van der Waals surface area contributed by atoms with E-state index in [1.54, 1.807) is 0 Å². The number of hydrogen-bond donors (Lipinski definition) is 2. The van der Waals surface area contributed by atoms with Crippen molar-refractivity contribution in [3.05, 3.63) is 63.6 Å². The summed E-state index contributed by atoms with van der Waals surface area (Å²) in [5.74, 6) is 0.564. The quantitative estimate of drug-likeness (QED) is 0.748. The van der Waals surface area contributed by atoms with Crippen molar-refractivity contribution < 1.29 is 0 Å². The predicted octanol–water partition coefficient (Wildman–Crippen LogP) is 4.82. The van der Waals surface area contributed by atoms with Crippen molar-refractivity contribution in [2.24, 2.45) is 5.73 Å². The molecule has 0 aliphatic carbocycles. The molecule has 0 heterocycles. The number of halogens is 1. The van der Waals surface area contributed by atoms with Gasteiger partial charge in [-0.1, -0.05) is 50.3 Å². The molecule has 0 amide bonds. The summed E-state index contributed by atoms with van der Waals surface area (Å²) in [5.41, 5.74) is 10.1. The van der Waals surface area contributed by atoms with Gasteiger partial charge in [-0.25, -0.2) is 0 Å². The molecule has 3 N–H and O–H groups in total. The minimum absolute atomic E-state index is 0.409. The molecular formula is C17H19BrN2S. The van der Waals surface area contributed by atoms with Crippen LogP contribution < -0.4 is 11.1 Å². The highest BCUT2D eigenvalue weighted by Crippen LogP contribution is 2.24. The minimum atomic E-state index is 0.409. The van der Waals surface area contributed by atoms with Crippen molar-refractivity contribution in [1.82, 2.24) is 0 Å². The molecule has 0 unspecified atom stereocenters. The maximum Gasteiger partial charge on any atom is 0.104 e. The van der Waals surface area contributed by atoms with E-state index in [-0.39, 0.29) is 0 Å². The number of hydrogen-bond acceptors (Lipinski definition) is 2. The lowest BCUT2D eigenvalue weighted by atomic mass is 10.0. The van der Waals surface area contributed by atoms with Crippen LogP contribution in [0.15, 0.2) is 46.9 Å². The van der Waals surface area contributed by atoms with Gasteiger partial charge >= 0.3 is 0 Å². The molecule has 0 aromatic heterocycles. The Hall–Kier alpha value is -1.39. The van der Waals surface area contributed by atoms with Gasteiger partial charge in [0.1, 0.15) is 4.99 Å². The third-order valence-corrected chi connectivity index (χ3v) is 4.27. The third kappa shape index (κ3) is 4.29. The van der Waals surface area contributed by atoms with Gasteiger partial charge in [0, 0.05) is 22.3 Å². The molecule has 0 atom stereocenters. The van der Waals surface area contributed by atoms with Crippen molar-refractivity contribution in [3.63, 3.8) is 0 Å². The van der Waals surface area contributed by atoms with Gasteiger partial charge in [-0.05, 0) is 51.2 Å². The van der Waals surface area contributed by atoms with Gasteiger partial charge in [0.2, 0.25) is 0 Å².